The van der Waals surface area contributed by atoms with Crippen molar-refractivity contribution in [2.75, 3.05) is 19.0 Å². The van der Waals surface area contributed by atoms with Crippen molar-refractivity contribution < 1.29 is 14.3 Å². The topological polar surface area (TPSA) is 67.4 Å². The average Bonchev–Trinajstić information content (AvgIpc) is 2.59. The van der Waals surface area contributed by atoms with Crippen LogP contribution in [0.5, 0.6) is 0 Å². The van der Waals surface area contributed by atoms with E-state index in [1.807, 2.05) is 31.2 Å². The summed E-state index contributed by atoms with van der Waals surface area (Å²) in [7, 11) is 1.29. The molecule has 0 fully saturated rings. The molecule has 0 saturated heterocycles. The van der Waals surface area contributed by atoms with Crippen LogP contribution in [0.4, 0.5) is 5.69 Å². The lowest BCUT2D eigenvalue weighted by atomic mass is 10.1. The summed E-state index contributed by atoms with van der Waals surface area (Å²) in [5, 5.41) is 6.09. The number of hydrogen-bond acceptors (Lipinski definition) is 4. The zero-order valence-corrected chi connectivity index (χ0v) is 14.3. The van der Waals surface area contributed by atoms with Gasteiger partial charge in [-0.25, -0.2) is 4.79 Å². The first-order valence-electron chi connectivity index (χ1n) is 7.43. The number of hydrogen-bond donors (Lipinski definition) is 2. The lowest BCUT2D eigenvalue weighted by Crippen LogP contribution is -2.29. The SMILES string of the molecule is COC(=O)c1cc(NCC(=O)NCc2ccc(C)cc2)ccc1Cl. The molecule has 0 saturated carbocycles. The molecular weight excluding hydrogens is 328 g/mol. The zero-order chi connectivity index (χ0) is 17.5. The molecule has 6 heteroatoms. The zero-order valence-electron chi connectivity index (χ0n) is 13.6. The largest absolute Gasteiger partial charge is 0.465 e. The van der Waals surface area contributed by atoms with Gasteiger partial charge in [0, 0.05) is 12.2 Å². The van der Waals surface area contributed by atoms with E-state index in [0.29, 0.717) is 17.3 Å². The molecule has 5 nitrogen and oxygen atoms in total. The molecule has 2 rings (SSSR count). The third-order valence-electron chi connectivity index (χ3n) is 3.44. The number of aryl methyl sites for hydroxylation is 1. The molecule has 2 aromatic rings. The Kier molecular flexibility index (Phi) is 6.21. The summed E-state index contributed by atoms with van der Waals surface area (Å²) < 4.78 is 4.66. The van der Waals surface area contributed by atoms with E-state index in [1.165, 1.54) is 12.7 Å². The maximum Gasteiger partial charge on any atom is 0.339 e. The number of carbonyl (C=O) groups is 2. The second-order valence-electron chi connectivity index (χ2n) is 5.30. The van der Waals surface area contributed by atoms with E-state index in [4.69, 9.17) is 11.6 Å². The van der Waals surface area contributed by atoms with Crippen LogP contribution in [0.2, 0.25) is 5.02 Å². The van der Waals surface area contributed by atoms with Crippen LogP contribution in [-0.4, -0.2) is 25.5 Å². The van der Waals surface area contributed by atoms with E-state index >= 15 is 0 Å². The number of esters is 1. The number of ether oxygens (including phenoxy) is 1. The Balaban J connectivity index is 1.87. The highest BCUT2D eigenvalue weighted by molar-refractivity contribution is 6.33. The monoisotopic (exact) mass is 346 g/mol. The van der Waals surface area contributed by atoms with Gasteiger partial charge < -0.3 is 15.4 Å². The van der Waals surface area contributed by atoms with Gasteiger partial charge in [0.2, 0.25) is 5.91 Å². The van der Waals surface area contributed by atoms with Crippen LogP contribution in [0.15, 0.2) is 42.5 Å². The van der Waals surface area contributed by atoms with Crippen molar-refractivity contribution in [1.82, 2.24) is 5.32 Å². The van der Waals surface area contributed by atoms with E-state index in [-0.39, 0.29) is 18.0 Å². The first kappa shape index (κ1) is 17.8. The number of amides is 1. The molecule has 0 heterocycles. The molecule has 0 aromatic heterocycles. The van der Waals surface area contributed by atoms with Crippen LogP contribution in [-0.2, 0) is 16.1 Å². The summed E-state index contributed by atoms with van der Waals surface area (Å²) >= 11 is 5.95. The molecule has 0 radical (unpaired) electrons. The highest BCUT2D eigenvalue weighted by Gasteiger charge is 2.11. The van der Waals surface area contributed by atoms with E-state index in [9.17, 15) is 9.59 Å². The minimum absolute atomic E-state index is 0.0914. The van der Waals surface area contributed by atoms with Crippen molar-refractivity contribution in [2.24, 2.45) is 0 Å². The molecule has 2 aromatic carbocycles. The van der Waals surface area contributed by atoms with Crippen molar-refractivity contribution in [3.05, 3.63) is 64.2 Å². The first-order valence-corrected chi connectivity index (χ1v) is 7.81. The molecule has 0 atom stereocenters. The van der Waals surface area contributed by atoms with Gasteiger partial charge in [0.05, 0.1) is 24.2 Å². The van der Waals surface area contributed by atoms with Crippen molar-refractivity contribution in [3.8, 4) is 0 Å². The normalized spacial score (nSPS) is 10.1. The van der Waals surface area contributed by atoms with Crippen LogP contribution in [0.3, 0.4) is 0 Å². The van der Waals surface area contributed by atoms with E-state index in [1.54, 1.807) is 18.2 Å². The van der Waals surface area contributed by atoms with Crippen LogP contribution < -0.4 is 10.6 Å². The summed E-state index contributed by atoms with van der Waals surface area (Å²) in [6.45, 7) is 2.57. The van der Waals surface area contributed by atoms with Gasteiger partial charge in [-0.1, -0.05) is 41.4 Å². The third-order valence-corrected chi connectivity index (χ3v) is 3.76. The van der Waals surface area contributed by atoms with Crippen LogP contribution >= 0.6 is 11.6 Å². The molecule has 2 N–H and O–H groups in total. The smallest absolute Gasteiger partial charge is 0.339 e. The molecule has 1 amide bonds. The van der Waals surface area contributed by atoms with Gasteiger partial charge in [-0.3, -0.25) is 4.79 Å². The number of rotatable bonds is 6. The lowest BCUT2D eigenvalue weighted by Gasteiger charge is -2.10. The lowest BCUT2D eigenvalue weighted by molar-refractivity contribution is -0.119. The van der Waals surface area contributed by atoms with Gasteiger partial charge in [0.15, 0.2) is 0 Å². The minimum Gasteiger partial charge on any atom is -0.465 e. The fourth-order valence-corrected chi connectivity index (χ4v) is 2.25. The summed E-state index contributed by atoms with van der Waals surface area (Å²) in [5.74, 6) is -0.669. The van der Waals surface area contributed by atoms with Gasteiger partial charge in [-0.05, 0) is 30.7 Å². The Morgan fingerprint density at radius 1 is 1.12 bits per heavy atom. The van der Waals surface area contributed by atoms with E-state index in [0.717, 1.165) is 5.56 Å². The Labute approximate surface area is 146 Å². The number of methoxy groups -OCH3 is 1. The van der Waals surface area contributed by atoms with Crippen LogP contribution in [0, 0.1) is 6.92 Å². The Bertz CT molecular complexity index is 730. The first-order chi connectivity index (χ1) is 11.5. The van der Waals surface area contributed by atoms with Crippen LogP contribution in [0.1, 0.15) is 21.5 Å². The average molecular weight is 347 g/mol. The van der Waals surface area contributed by atoms with Gasteiger partial charge in [0.1, 0.15) is 0 Å². The fourth-order valence-electron chi connectivity index (χ4n) is 2.05. The van der Waals surface area contributed by atoms with E-state index in [2.05, 4.69) is 15.4 Å². The second kappa shape index (κ2) is 8.36. The number of benzene rings is 2. The molecule has 0 bridgehead atoms. The molecule has 0 aliphatic carbocycles. The summed E-state index contributed by atoms with van der Waals surface area (Å²) in [5.41, 5.74) is 3.08. The van der Waals surface area contributed by atoms with Crippen molar-refractivity contribution >= 4 is 29.2 Å². The maximum absolute atomic E-state index is 11.9. The van der Waals surface area contributed by atoms with Gasteiger partial charge in [-0.15, -0.1) is 0 Å². The standard InChI is InChI=1S/C18H19ClN2O3/c1-12-3-5-13(6-4-12)10-21-17(22)11-20-14-7-8-16(19)15(9-14)18(23)24-2/h3-9,20H,10-11H2,1-2H3,(H,21,22). The molecule has 0 unspecified atom stereocenters. The molecule has 24 heavy (non-hydrogen) atoms. The second-order valence-corrected chi connectivity index (χ2v) is 5.71. The quantitative estimate of drug-likeness (QED) is 0.788. The van der Waals surface area contributed by atoms with Crippen molar-refractivity contribution in [1.29, 1.82) is 0 Å². The van der Waals surface area contributed by atoms with Gasteiger partial charge in [-0.2, -0.15) is 0 Å². The highest BCUT2D eigenvalue weighted by atomic mass is 35.5. The Morgan fingerprint density at radius 2 is 1.83 bits per heavy atom. The number of carbonyl (C=O) groups excluding carboxylic acids is 2. The molecule has 126 valence electrons. The number of nitrogens with one attached hydrogen (secondary N) is 2. The predicted octanol–water partition coefficient (Wildman–Crippen LogP) is 3.16. The number of anilines is 1. The molecule has 0 aliphatic rings. The van der Waals surface area contributed by atoms with Gasteiger partial charge in [0.25, 0.3) is 0 Å². The van der Waals surface area contributed by atoms with Crippen LogP contribution in [0.25, 0.3) is 0 Å². The maximum atomic E-state index is 11.9. The van der Waals surface area contributed by atoms with Crippen molar-refractivity contribution in [2.45, 2.75) is 13.5 Å². The molecule has 0 aliphatic heterocycles. The highest BCUT2D eigenvalue weighted by Crippen LogP contribution is 2.21. The molecule has 0 spiro atoms. The molecular formula is C18H19ClN2O3. The minimum atomic E-state index is -0.521. The van der Waals surface area contributed by atoms with Gasteiger partial charge >= 0.3 is 5.97 Å². The summed E-state index contributed by atoms with van der Waals surface area (Å²) in [6.07, 6.45) is 0. The van der Waals surface area contributed by atoms with E-state index < -0.39 is 5.97 Å². The third kappa shape index (κ3) is 4.99. The Morgan fingerprint density at radius 3 is 2.50 bits per heavy atom. The number of halogens is 1. The fraction of sp³-hybridized carbons (Fsp3) is 0.222. The Hall–Kier alpha value is -2.53. The van der Waals surface area contributed by atoms with Crippen molar-refractivity contribution in [3.63, 3.8) is 0 Å². The summed E-state index contributed by atoms with van der Waals surface area (Å²) in [6, 6.07) is 12.8. The summed E-state index contributed by atoms with van der Waals surface area (Å²) in [4.78, 5) is 23.5. The predicted molar refractivity (Wildman–Crippen MR) is 94.3 cm³/mol.